The van der Waals surface area contributed by atoms with Gasteiger partial charge in [0.15, 0.2) is 10.9 Å². The molecule has 3 aromatic rings. The van der Waals surface area contributed by atoms with Gasteiger partial charge in [0.1, 0.15) is 10.7 Å². The highest BCUT2D eigenvalue weighted by Crippen LogP contribution is 2.22. The van der Waals surface area contributed by atoms with Crippen LogP contribution in [0.4, 0.5) is 5.13 Å². The fraction of sp³-hybridized carbons (Fsp3) is 0.133. The molecule has 0 spiro atoms. The van der Waals surface area contributed by atoms with E-state index in [-0.39, 0.29) is 18.1 Å². The van der Waals surface area contributed by atoms with Crippen molar-refractivity contribution in [1.29, 1.82) is 0 Å². The highest BCUT2D eigenvalue weighted by molar-refractivity contribution is 7.14. The maximum atomic E-state index is 12.0. The Balaban J connectivity index is 1.64. The van der Waals surface area contributed by atoms with Gasteiger partial charge < -0.3 is 5.32 Å². The van der Waals surface area contributed by atoms with Gasteiger partial charge >= 0.3 is 0 Å². The minimum atomic E-state index is -0.215. The Morgan fingerprint density at radius 2 is 2.04 bits per heavy atom. The molecule has 6 nitrogen and oxygen atoms in total. The molecule has 3 heterocycles. The van der Waals surface area contributed by atoms with E-state index in [9.17, 15) is 9.59 Å². The van der Waals surface area contributed by atoms with Crippen LogP contribution in [0.5, 0.6) is 0 Å². The largest absolute Gasteiger partial charge is 0.302 e. The van der Waals surface area contributed by atoms with Crippen molar-refractivity contribution in [2.24, 2.45) is 0 Å². The summed E-state index contributed by atoms with van der Waals surface area (Å²) in [5.74, 6) is -0.339. The molecule has 0 fully saturated rings. The molecule has 3 rings (SSSR count). The molecule has 0 unspecified atom stereocenters. The summed E-state index contributed by atoms with van der Waals surface area (Å²) in [5, 5.41) is 7.34. The van der Waals surface area contributed by atoms with Gasteiger partial charge in [-0.15, -0.1) is 22.7 Å². The van der Waals surface area contributed by atoms with Crippen LogP contribution in [-0.2, 0) is 11.2 Å². The van der Waals surface area contributed by atoms with Gasteiger partial charge in [-0.2, -0.15) is 0 Å². The molecule has 0 aliphatic rings. The van der Waals surface area contributed by atoms with Crippen LogP contribution in [0.2, 0.25) is 0 Å². The van der Waals surface area contributed by atoms with Crippen LogP contribution in [0.1, 0.15) is 23.1 Å². The fourth-order valence-corrected chi connectivity index (χ4v) is 3.38. The van der Waals surface area contributed by atoms with Gasteiger partial charge in [0.25, 0.3) is 0 Å². The number of ketones is 1. The van der Waals surface area contributed by atoms with Crippen molar-refractivity contribution in [3.63, 3.8) is 0 Å². The van der Waals surface area contributed by atoms with Crippen LogP contribution in [0.15, 0.2) is 35.2 Å². The van der Waals surface area contributed by atoms with Gasteiger partial charge in [-0.1, -0.05) is 6.07 Å². The predicted molar refractivity (Wildman–Crippen MR) is 89.8 cm³/mol. The first-order valence-corrected chi connectivity index (χ1v) is 8.50. The molecule has 0 bridgehead atoms. The number of thiazole rings is 2. The number of Topliss-reactive ketones (excluding diaryl/α,β-unsaturated/α-hetero) is 1. The molecule has 116 valence electrons. The monoisotopic (exact) mass is 344 g/mol. The summed E-state index contributed by atoms with van der Waals surface area (Å²) in [6.45, 7) is 1.44. The lowest BCUT2D eigenvalue weighted by molar-refractivity contribution is -0.115. The van der Waals surface area contributed by atoms with E-state index in [1.165, 1.54) is 29.6 Å². The maximum Gasteiger partial charge on any atom is 0.232 e. The number of nitrogens with one attached hydrogen (secondary N) is 1. The smallest absolute Gasteiger partial charge is 0.232 e. The van der Waals surface area contributed by atoms with Crippen molar-refractivity contribution in [3.05, 3.63) is 46.5 Å². The average Bonchev–Trinajstić information content (AvgIpc) is 3.18. The summed E-state index contributed by atoms with van der Waals surface area (Å²) in [4.78, 5) is 35.9. The summed E-state index contributed by atoms with van der Waals surface area (Å²) < 4.78 is 0. The zero-order chi connectivity index (χ0) is 16.2. The molecular formula is C15H12N4O2S2. The normalized spacial score (nSPS) is 10.5. The van der Waals surface area contributed by atoms with Gasteiger partial charge in [-0.3, -0.25) is 14.6 Å². The Morgan fingerprint density at radius 3 is 2.74 bits per heavy atom. The number of hydrogen-bond acceptors (Lipinski definition) is 7. The van der Waals surface area contributed by atoms with Crippen LogP contribution in [0.25, 0.3) is 10.7 Å². The quantitative estimate of drug-likeness (QED) is 0.719. The standard InChI is InChI=1S/C15H12N4O2S2/c1-9(20)12-8-23-15(18-12)19-13(21)6-10-7-22-14(17-10)11-4-2-3-5-16-11/h2-5,7-8H,6H2,1H3,(H,18,19,21). The molecule has 1 N–H and O–H groups in total. The molecule has 0 radical (unpaired) electrons. The lowest BCUT2D eigenvalue weighted by Crippen LogP contribution is -2.14. The van der Waals surface area contributed by atoms with Crippen molar-refractivity contribution < 1.29 is 9.59 Å². The number of hydrogen-bond donors (Lipinski definition) is 1. The molecule has 8 heteroatoms. The van der Waals surface area contributed by atoms with Crippen LogP contribution < -0.4 is 5.32 Å². The first-order chi connectivity index (χ1) is 11.1. The molecule has 1 amide bonds. The van der Waals surface area contributed by atoms with Crippen molar-refractivity contribution in [2.45, 2.75) is 13.3 Å². The number of anilines is 1. The first-order valence-electron chi connectivity index (χ1n) is 6.74. The van der Waals surface area contributed by atoms with Crippen molar-refractivity contribution in [2.75, 3.05) is 5.32 Å². The number of nitrogens with zero attached hydrogens (tertiary/aromatic N) is 3. The Hall–Kier alpha value is -2.45. The van der Waals surface area contributed by atoms with Crippen molar-refractivity contribution in [1.82, 2.24) is 15.0 Å². The average molecular weight is 344 g/mol. The number of carbonyl (C=O) groups excluding carboxylic acids is 2. The molecule has 0 saturated carbocycles. The minimum Gasteiger partial charge on any atom is -0.302 e. The van der Waals surface area contributed by atoms with Crippen LogP contribution in [0, 0.1) is 0 Å². The fourth-order valence-electron chi connectivity index (χ4n) is 1.82. The van der Waals surface area contributed by atoms with E-state index in [1.54, 1.807) is 11.6 Å². The second-order valence-electron chi connectivity index (χ2n) is 4.68. The van der Waals surface area contributed by atoms with E-state index in [0.29, 0.717) is 16.5 Å². The summed E-state index contributed by atoms with van der Waals surface area (Å²) in [7, 11) is 0. The summed E-state index contributed by atoms with van der Waals surface area (Å²) in [5.41, 5.74) is 1.82. The second-order valence-corrected chi connectivity index (χ2v) is 6.39. The summed E-state index contributed by atoms with van der Waals surface area (Å²) >= 11 is 2.67. The minimum absolute atomic E-state index is 0.124. The lowest BCUT2D eigenvalue weighted by atomic mass is 10.3. The van der Waals surface area contributed by atoms with E-state index in [2.05, 4.69) is 20.3 Å². The van der Waals surface area contributed by atoms with Crippen LogP contribution >= 0.6 is 22.7 Å². The number of amides is 1. The van der Waals surface area contributed by atoms with E-state index >= 15 is 0 Å². The zero-order valence-corrected chi connectivity index (χ0v) is 13.8. The molecular weight excluding hydrogens is 332 g/mol. The highest BCUT2D eigenvalue weighted by atomic mass is 32.1. The third-order valence-corrected chi connectivity index (χ3v) is 4.56. The van der Waals surface area contributed by atoms with Crippen LogP contribution in [0.3, 0.4) is 0 Å². The summed E-state index contributed by atoms with van der Waals surface area (Å²) in [6, 6.07) is 5.61. The molecule has 0 aliphatic carbocycles. The topological polar surface area (TPSA) is 84.8 Å². The Morgan fingerprint density at radius 1 is 1.17 bits per heavy atom. The molecule has 3 aromatic heterocycles. The van der Waals surface area contributed by atoms with Gasteiger partial charge in [0.05, 0.1) is 17.8 Å². The van der Waals surface area contributed by atoms with Gasteiger partial charge in [0.2, 0.25) is 5.91 Å². The number of rotatable bonds is 5. The molecule has 23 heavy (non-hydrogen) atoms. The van der Waals surface area contributed by atoms with Gasteiger partial charge in [0, 0.05) is 23.9 Å². The molecule has 0 aromatic carbocycles. The summed E-state index contributed by atoms with van der Waals surface area (Å²) in [6.07, 6.45) is 1.86. The number of pyridine rings is 1. The Bertz CT molecular complexity index is 842. The Kier molecular flexibility index (Phi) is 4.54. The van der Waals surface area contributed by atoms with Gasteiger partial charge in [-0.25, -0.2) is 9.97 Å². The SMILES string of the molecule is CC(=O)c1csc(NC(=O)Cc2csc(-c3ccccn3)n2)n1. The Labute approximate surface area is 140 Å². The second kappa shape index (κ2) is 6.76. The highest BCUT2D eigenvalue weighted by Gasteiger charge is 2.12. The molecule has 0 atom stereocenters. The van der Waals surface area contributed by atoms with Crippen molar-refractivity contribution >= 4 is 39.5 Å². The molecule has 0 saturated heterocycles. The van der Waals surface area contributed by atoms with E-state index in [1.807, 2.05) is 23.6 Å². The maximum absolute atomic E-state index is 12.0. The van der Waals surface area contributed by atoms with E-state index in [0.717, 1.165) is 10.7 Å². The number of carbonyl (C=O) groups is 2. The third-order valence-electron chi connectivity index (χ3n) is 2.89. The lowest BCUT2D eigenvalue weighted by Gasteiger charge is -1.99. The van der Waals surface area contributed by atoms with E-state index < -0.39 is 0 Å². The van der Waals surface area contributed by atoms with Crippen LogP contribution in [-0.4, -0.2) is 26.6 Å². The third kappa shape index (κ3) is 3.85. The molecule has 0 aliphatic heterocycles. The predicted octanol–water partition coefficient (Wildman–Crippen LogP) is 3.05. The van der Waals surface area contributed by atoms with Crippen molar-refractivity contribution in [3.8, 4) is 10.7 Å². The zero-order valence-electron chi connectivity index (χ0n) is 12.1. The van der Waals surface area contributed by atoms with E-state index in [4.69, 9.17) is 0 Å². The number of aromatic nitrogens is 3. The first kappa shape index (κ1) is 15.4. The van der Waals surface area contributed by atoms with Gasteiger partial charge in [-0.05, 0) is 12.1 Å².